The summed E-state index contributed by atoms with van der Waals surface area (Å²) in [4.78, 5) is 28.2. The van der Waals surface area contributed by atoms with Gasteiger partial charge in [0, 0.05) is 31.8 Å². The van der Waals surface area contributed by atoms with Crippen molar-refractivity contribution in [2.24, 2.45) is 0 Å². The fourth-order valence-electron chi connectivity index (χ4n) is 3.44. The van der Waals surface area contributed by atoms with Gasteiger partial charge in [0.2, 0.25) is 21.8 Å². The molecule has 11 heteroatoms. The molecule has 2 aromatic carbocycles. The zero-order chi connectivity index (χ0) is 26.3. The van der Waals surface area contributed by atoms with Gasteiger partial charge in [-0.2, -0.15) is 0 Å². The molecule has 2 unspecified atom stereocenters. The predicted molar refractivity (Wildman–Crippen MR) is 150 cm³/mol. The lowest BCUT2D eigenvalue weighted by Gasteiger charge is -2.33. The second kappa shape index (κ2) is 13.1. The highest BCUT2D eigenvalue weighted by Crippen LogP contribution is 2.28. The van der Waals surface area contributed by atoms with E-state index in [-0.39, 0.29) is 18.5 Å². The Balaban J connectivity index is 2.49. The summed E-state index contributed by atoms with van der Waals surface area (Å²) in [5, 5.41) is 3.62. The van der Waals surface area contributed by atoms with Crippen molar-refractivity contribution in [1.82, 2.24) is 10.2 Å². The van der Waals surface area contributed by atoms with E-state index >= 15 is 0 Å². The van der Waals surface area contributed by atoms with Gasteiger partial charge in [-0.1, -0.05) is 43.1 Å². The number of hydrogen-bond donors (Lipinski definition) is 1. The fraction of sp³-hybridized carbons (Fsp3) is 0.417. The number of halogens is 3. The molecule has 0 fully saturated rings. The SMILES string of the molecule is CCC(C)NC(=O)C(CC)N(Cc1c(Cl)cccc1Cl)C(=O)CN(c1ccc(I)cc1)S(C)(=O)=O. The van der Waals surface area contributed by atoms with E-state index in [4.69, 9.17) is 23.2 Å². The highest BCUT2D eigenvalue weighted by atomic mass is 127. The molecule has 0 spiro atoms. The summed E-state index contributed by atoms with van der Waals surface area (Å²) < 4.78 is 27.2. The molecule has 0 heterocycles. The molecule has 2 rings (SSSR count). The first-order valence-electron chi connectivity index (χ1n) is 11.1. The molecule has 0 radical (unpaired) electrons. The maximum Gasteiger partial charge on any atom is 0.244 e. The number of rotatable bonds is 11. The first-order valence-corrected chi connectivity index (χ1v) is 14.8. The highest BCUT2D eigenvalue weighted by Gasteiger charge is 2.32. The Morgan fingerprint density at radius 3 is 2.09 bits per heavy atom. The van der Waals surface area contributed by atoms with Gasteiger partial charge in [-0.25, -0.2) is 8.42 Å². The van der Waals surface area contributed by atoms with Crippen LogP contribution in [0.4, 0.5) is 5.69 Å². The van der Waals surface area contributed by atoms with Gasteiger partial charge in [0.05, 0.1) is 11.9 Å². The Labute approximate surface area is 231 Å². The molecule has 0 aromatic heterocycles. The maximum absolute atomic E-state index is 13.7. The minimum atomic E-state index is -3.79. The zero-order valence-electron chi connectivity index (χ0n) is 20.1. The summed E-state index contributed by atoms with van der Waals surface area (Å²) in [6.07, 6.45) is 2.08. The lowest BCUT2D eigenvalue weighted by atomic mass is 10.1. The molecule has 192 valence electrons. The van der Waals surface area contributed by atoms with Crippen molar-refractivity contribution in [3.8, 4) is 0 Å². The third-order valence-corrected chi connectivity index (χ3v) is 8.14. The van der Waals surface area contributed by atoms with Crippen LogP contribution in [-0.4, -0.2) is 50.0 Å². The van der Waals surface area contributed by atoms with Gasteiger partial charge in [-0.05, 0) is 78.8 Å². The van der Waals surface area contributed by atoms with Crippen molar-refractivity contribution >= 4 is 73.3 Å². The molecule has 0 aliphatic heterocycles. The number of hydrogen-bond acceptors (Lipinski definition) is 4. The standard InChI is InChI=1S/C24H30Cl2IN3O4S/c1-5-16(3)28-24(32)22(6-2)29(14-19-20(25)8-7-9-21(19)26)23(31)15-30(35(4,33)34)18-12-10-17(27)11-13-18/h7-13,16,22H,5-6,14-15H2,1-4H3,(H,28,32). The zero-order valence-corrected chi connectivity index (χ0v) is 24.6. The molecule has 0 aliphatic carbocycles. The van der Waals surface area contributed by atoms with Crippen LogP contribution in [0.15, 0.2) is 42.5 Å². The number of amides is 2. The van der Waals surface area contributed by atoms with E-state index in [0.717, 1.165) is 20.6 Å². The van der Waals surface area contributed by atoms with Crippen LogP contribution >= 0.6 is 45.8 Å². The van der Waals surface area contributed by atoms with Crippen LogP contribution in [0.1, 0.15) is 39.2 Å². The van der Waals surface area contributed by atoms with Gasteiger partial charge in [0.25, 0.3) is 0 Å². The van der Waals surface area contributed by atoms with Crippen molar-refractivity contribution in [1.29, 1.82) is 0 Å². The van der Waals surface area contributed by atoms with Crippen molar-refractivity contribution in [3.05, 3.63) is 61.6 Å². The normalized spacial score (nSPS) is 13.1. The minimum Gasteiger partial charge on any atom is -0.352 e. The molecule has 0 saturated carbocycles. The van der Waals surface area contributed by atoms with E-state index in [1.54, 1.807) is 49.4 Å². The molecule has 35 heavy (non-hydrogen) atoms. The third kappa shape index (κ3) is 8.23. The van der Waals surface area contributed by atoms with E-state index < -0.39 is 28.5 Å². The summed E-state index contributed by atoms with van der Waals surface area (Å²) in [6.45, 7) is 5.10. The monoisotopic (exact) mass is 653 g/mol. The number of benzene rings is 2. The number of anilines is 1. The summed E-state index contributed by atoms with van der Waals surface area (Å²) in [5.41, 5.74) is 0.841. The second-order valence-corrected chi connectivity index (χ2v) is 12.2. The predicted octanol–water partition coefficient (Wildman–Crippen LogP) is 5.09. The Bertz CT molecular complexity index is 1130. The number of carbonyl (C=O) groups is 2. The number of nitrogens with one attached hydrogen (secondary N) is 1. The summed E-state index contributed by atoms with van der Waals surface area (Å²) >= 11 is 14.9. The van der Waals surface area contributed by atoms with Crippen LogP contribution in [-0.2, 0) is 26.2 Å². The van der Waals surface area contributed by atoms with Gasteiger partial charge in [-0.3, -0.25) is 13.9 Å². The lowest BCUT2D eigenvalue weighted by Crippen LogP contribution is -2.53. The Morgan fingerprint density at radius 1 is 1.03 bits per heavy atom. The molecular weight excluding hydrogens is 624 g/mol. The highest BCUT2D eigenvalue weighted by molar-refractivity contribution is 14.1. The average Bonchev–Trinajstić information content (AvgIpc) is 2.78. The Kier molecular flexibility index (Phi) is 11.1. The molecule has 7 nitrogen and oxygen atoms in total. The van der Waals surface area contributed by atoms with E-state index in [9.17, 15) is 18.0 Å². The summed E-state index contributed by atoms with van der Waals surface area (Å²) in [7, 11) is -3.79. The van der Waals surface area contributed by atoms with Crippen molar-refractivity contribution in [3.63, 3.8) is 0 Å². The minimum absolute atomic E-state index is 0.0476. The van der Waals surface area contributed by atoms with Crippen LogP contribution < -0.4 is 9.62 Å². The molecule has 2 aromatic rings. The molecule has 0 aliphatic rings. The average molecular weight is 654 g/mol. The van der Waals surface area contributed by atoms with Crippen LogP contribution in [0.5, 0.6) is 0 Å². The third-order valence-electron chi connectivity index (χ3n) is 5.57. The van der Waals surface area contributed by atoms with E-state index in [1.807, 2.05) is 13.8 Å². The second-order valence-electron chi connectivity index (χ2n) is 8.21. The number of nitrogens with zero attached hydrogens (tertiary/aromatic N) is 2. The molecule has 0 bridgehead atoms. The number of carbonyl (C=O) groups excluding carboxylic acids is 2. The van der Waals surface area contributed by atoms with Crippen LogP contribution in [0.3, 0.4) is 0 Å². The Morgan fingerprint density at radius 2 is 1.60 bits per heavy atom. The lowest BCUT2D eigenvalue weighted by molar-refractivity contribution is -0.140. The van der Waals surface area contributed by atoms with Crippen LogP contribution in [0.25, 0.3) is 0 Å². The van der Waals surface area contributed by atoms with Gasteiger partial charge in [-0.15, -0.1) is 0 Å². The van der Waals surface area contributed by atoms with Gasteiger partial charge in [0.1, 0.15) is 12.6 Å². The molecule has 2 amide bonds. The summed E-state index contributed by atoms with van der Waals surface area (Å²) in [5.74, 6) is -0.866. The fourth-order valence-corrected chi connectivity index (χ4v) is 5.16. The van der Waals surface area contributed by atoms with Gasteiger partial charge >= 0.3 is 0 Å². The first kappa shape index (κ1) is 29.7. The molecule has 1 N–H and O–H groups in total. The molecule has 2 atom stereocenters. The van der Waals surface area contributed by atoms with Crippen molar-refractivity contribution < 1.29 is 18.0 Å². The van der Waals surface area contributed by atoms with Crippen molar-refractivity contribution in [2.45, 2.75) is 52.2 Å². The Hall–Kier alpha value is -1.56. The van der Waals surface area contributed by atoms with Gasteiger partial charge < -0.3 is 10.2 Å². The summed E-state index contributed by atoms with van der Waals surface area (Å²) in [6, 6.07) is 10.9. The maximum atomic E-state index is 13.7. The number of sulfonamides is 1. The van der Waals surface area contributed by atoms with Crippen LogP contribution in [0.2, 0.25) is 10.0 Å². The molecular formula is C24H30Cl2IN3O4S. The van der Waals surface area contributed by atoms with E-state index in [1.165, 1.54) is 4.90 Å². The van der Waals surface area contributed by atoms with E-state index in [0.29, 0.717) is 27.7 Å². The largest absolute Gasteiger partial charge is 0.352 e. The van der Waals surface area contributed by atoms with Crippen LogP contribution in [0, 0.1) is 3.57 Å². The smallest absolute Gasteiger partial charge is 0.244 e. The molecule has 0 saturated heterocycles. The quantitative estimate of drug-likeness (QED) is 0.343. The topological polar surface area (TPSA) is 86.8 Å². The van der Waals surface area contributed by atoms with E-state index in [2.05, 4.69) is 27.9 Å². The first-order chi connectivity index (χ1) is 16.4. The van der Waals surface area contributed by atoms with Gasteiger partial charge in [0.15, 0.2) is 0 Å². The van der Waals surface area contributed by atoms with Crippen molar-refractivity contribution in [2.75, 3.05) is 17.1 Å².